The second kappa shape index (κ2) is 9.43. The van der Waals surface area contributed by atoms with Gasteiger partial charge in [-0.05, 0) is 92.7 Å². The zero-order valence-electron chi connectivity index (χ0n) is 15.0. The summed E-state index contributed by atoms with van der Waals surface area (Å²) in [4.78, 5) is 7.63. The standard InChI is InChI=1S/C21H15BrI2N4O/c22-15-7-5-13(6-8-15)12-29-20-16(23)9-14(10-17(20)24)11-25-28-21-26-18-3-1-2-4-19(18)27-21/h1-11H,12H2,(H2,26,27,28)/b25-11+. The third-order valence-electron chi connectivity index (χ3n) is 4.09. The lowest BCUT2D eigenvalue weighted by Gasteiger charge is -2.11. The minimum absolute atomic E-state index is 0.528. The minimum atomic E-state index is 0.528. The number of nitrogens with one attached hydrogen (secondary N) is 2. The largest absolute Gasteiger partial charge is 0.487 e. The number of imidazole rings is 1. The second-order valence-corrected chi connectivity index (χ2v) is 9.44. The van der Waals surface area contributed by atoms with E-state index in [-0.39, 0.29) is 0 Å². The predicted octanol–water partition coefficient (Wildman–Crippen LogP) is 6.56. The highest BCUT2D eigenvalue weighted by atomic mass is 127. The Bertz CT molecular complexity index is 1120. The van der Waals surface area contributed by atoms with E-state index >= 15 is 0 Å². The van der Waals surface area contributed by atoms with Crippen molar-refractivity contribution in [3.05, 3.63) is 83.4 Å². The molecule has 0 saturated heterocycles. The number of para-hydroxylation sites is 2. The van der Waals surface area contributed by atoms with Crippen LogP contribution in [-0.2, 0) is 6.61 Å². The number of halogens is 3. The molecule has 0 bridgehead atoms. The molecule has 0 spiro atoms. The maximum Gasteiger partial charge on any atom is 0.222 e. The highest BCUT2D eigenvalue weighted by Gasteiger charge is 2.09. The molecule has 0 fully saturated rings. The molecule has 0 amide bonds. The number of rotatable bonds is 6. The molecule has 3 aromatic carbocycles. The van der Waals surface area contributed by atoms with E-state index < -0.39 is 0 Å². The number of hydrogen-bond acceptors (Lipinski definition) is 4. The number of hydrazone groups is 1. The van der Waals surface area contributed by atoms with Crippen molar-refractivity contribution in [1.82, 2.24) is 9.97 Å². The molecule has 4 rings (SSSR count). The van der Waals surface area contributed by atoms with Gasteiger partial charge in [0.15, 0.2) is 0 Å². The van der Waals surface area contributed by atoms with Gasteiger partial charge in [0.2, 0.25) is 5.95 Å². The van der Waals surface area contributed by atoms with Crippen LogP contribution in [0.3, 0.4) is 0 Å². The molecule has 29 heavy (non-hydrogen) atoms. The lowest BCUT2D eigenvalue weighted by Crippen LogP contribution is -2.00. The summed E-state index contributed by atoms with van der Waals surface area (Å²) in [7, 11) is 0. The Kier molecular flexibility index (Phi) is 6.70. The van der Waals surface area contributed by atoms with Crippen molar-refractivity contribution in [2.45, 2.75) is 6.61 Å². The number of H-pyrrole nitrogens is 1. The van der Waals surface area contributed by atoms with Crippen LogP contribution in [0, 0.1) is 7.14 Å². The van der Waals surface area contributed by atoms with Crippen LogP contribution in [0.4, 0.5) is 5.95 Å². The zero-order valence-corrected chi connectivity index (χ0v) is 20.9. The van der Waals surface area contributed by atoms with Gasteiger partial charge in [-0.3, -0.25) is 0 Å². The molecule has 146 valence electrons. The van der Waals surface area contributed by atoms with E-state index in [0.717, 1.165) is 39.5 Å². The summed E-state index contributed by atoms with van der Waals surface area (Å²) in [5, 5.41) is 4.30. The summed E-state index contributed by atoms with van der Waals surface area (Å²) in [6, 6.07) is 20.1. The van der Waals surface area contributed by atoms with Crippen molar-refractivity contribution in [2.75, 3.05) is 5.43 Å². The molecular formula is C21H15BrI2N4O. The average Bonchev–Trinajstić information content (AvgIpc) is 3.11. The van der Waals surface area contributed by atoms with Crippen molar-refractivity contribution in [3.63, 3.8) is 0 Å². The summed E-state index contributed by atoms with van der Waals surface area (Å²) in [6.07, 6.45) is 1.77. The van der Waals surface area contributed by atoms with Crippen molar-refractivity contribution < 1.29 is 4.74 Å². The fraction of sp³-hybridized carbons (Fsp3) is 0.0476. The van der Waals surface area contributed by atoms with E-state index in [1.807, 2.05) is 48.5 Å². The van der Waals surface area contributed by atoms with Gasteiger partial charge in [0, 0.05) is 4.47 Å². The van der Waals surface area contributed by atoms with Crippen molar-refractivity contribution in [1.29, 1.82) is 0 Å². The Labute approximate surface area is 203 Å². The smallest absolute Gasteiger partial charge is 0.222 e. The van der Waals surface area contributed by atoms with Crippen molar-refractivity contribution >= 4 is 84.3 Å². The Morgan fingerprint density at radius 1 is 1.07 bits per heavy atom. The third-order valence-corrected chi connectivity index (χ3v) is 6.22. The maximum absolute atomic E-state index is 6.05. The van der Waals surface area contributed by atoms with E-state index in [0.29, 0.717) is 12.6 Å². The van der Waals surface area contributed by atoms with Crippen LogP contribution in [0.15, 0.2) is 70.2 Å². The van der Waals surface area contributed by atoms with Gasteiger partial charge in [0.1, 0.15) is 12.4 Å². The van der Waals surface area contributed by atoms with E-state index in [2.05, 4.69) is 93.7 Å². The van der Waals surface area contributed by atoms with Gasteiger partial charge < -0.3 is 9.72 Å². The first-order chi connectivity index (χ1) is 14.1. The zero-order chi connectivity index (χ0) is 20.2. The van der Waals surface area contributed by atoms with E-state index in [9.17, 15) is 0 Å². The number of anilines is 1. The number of aromatic nitrogens is 2. The SMILES string of the molecule is Brc1ccc(COc2c(I)cc(/C=N/Nc3nc4ccccc4[nH]3)cc2I)cc1. The van der Waals surface area contributed by atoms with Gasteiger partial charge in [0.05, 0.1) is 24.4 Å². The molecule has 1 heterocycles. The Hall–Kier alpha value is -1.66. The highest BCUT2D eigenvalue weighted by molar-refractivity contribution is 14.1. The molecule has 4 aromatic rings. The minimum Gasteiger partial charge on any atom is -0.487 e. The normalized spacial score (nSPS) is 11.3. The van der Waals surface area contributed by atoms with Gasteiger partial charge in [-0.25, -0.2) is 10.4 Å². The number of ether oxygens (including phenoxy) is 1. The van der Waals surface area contributed by atoms with Crippen LogP contribution in [0.25, 0.3) is 11.0 Å². The van der Waals surface area contributed by atoms with Gasteiger partial charge in [0.25, 0.3) is 0 Å². The van der Waals surface area contributed by atoms with Gasteiger partial charge in [-0.2, -0.15) is 5.10 Å². The molecule has 0 aliphatic heterocycles. The first-order valence-electron chi connectivity index (χ1n) is 8.68. The summed E-state index contributed by atoms with van der Waals surface area (Å²) in [5.41, 5.74) is 6.94. The lowest BCUT2D eigenvalue weighted by atomic mass is 10.2. The van der Waals surface area contributed by atoms with Crippen LogP contribution in [0.5, 0.6) is 5.75 Å². The Morgan fingerprint density at radius 3 is 2.52 bits per heavy atom. The Balaban J connectivity index is 1.43. The van der Waals surface area contributed by atoms with Crippen molar-refractivity contribution in [3.8, 4) is 5.75 Å². The number of aromatic amines is 1. The van der Waals surface area contributed by atoms with Crippen LogP contribution < -0.4 is 10.2 Å². The third kappa shape index (κ3) is 5.28. The summed E-state index contributed by atoms with van der Waals surface area (Å²) >= 11 is 8.04. The van der Waals surface area contributed by atoms with E-state index in [1.165, 1.54) is 0 Å². The highest BCUT2D eigenvalue weighted by Crippen LogP contribution is 2.29. The molecule has 0 aliphatic carbocycles. The molecular weight excluding hydrogens is 658 g/mol. The summed E-state index contributed by atoms with van der Waals surface area (Å²) in [6.45, 7) is 0.528. The van der Waals surface area contributed by atoms with Crippen molar-refractivity contribution in [2.24, 2.45) is 5.10 Å². The topological polar surface area (TPSA) is 62.3 Å². The molecule has 2 N–H and O–H groups in total. The van der Waals surface area contributed by atoms with Crippen LogP contribution >= 0.6 is 61.1 Å². The van der Waals surface area contributed by atoms with Gasteiger partial charge >= 0.3 is 0 Å². The first-order valence-corrected chi connectivity index (χ1v) is 11.6. The molecule has 0 unspecified atom stereocenters. The lowest BCUT2D eigenvalue weighted by molar-refractivity contribution is 0.301. The molecule has 0 saturated carbocycles. The van der Waals surface area contributed by atoms with Crippen LogP contribution in [-0.4, -0.2) is 16.2 Å². The van der Waals surface area contributed by atoms with E-state index in [1.54, 1.807) is 6.21 Å². The maximum atomic E-state index is 6.05. The number of hydrogen-bond donors (Lipinski definition) is 2. The first kappa shape index (κ1) is 20.6. The molecule has 1 aromatic heterocycles. The summed E-state index contributed by atoms with van der Waals surface area (Å²) in [5.74, 6) is 1.50. The molecule has 0 atom stereocenters. The second-order valence-electron chi connectivity index (χ2n) is 6.20. The molecule has 0 radical (unpaired) electrons. The molecule has 5 nitrogen and oxygen atoms in total. The van der Waals surface area contributed by atoms with E-state index in [4.69, 9.17) is 4.74 Å². The number of fused-ring (bicyclic) bond motifs is 1. The molecule has 8 heteroatoms. The van der Waals surface area contributed by atoms with Gasteiger partial charge in [-0.1, -0.05) is 40.2 Å². The number of nitrogens with zero attached hydrogens (tertiary/aromatic N) is 2. The fourth-order valence-electron chi connectivity index (χ4n) is 2.70. The predicted molar refractivity (Wildman–Crippen MR) is 138 cm³/mol. The van der Waals surface area contributed by atoms with Gasteiger partial charge in [-0.15, -0.1) is 0 Å². The quantitative estimate of drug-likeness (QED) is 0.139. The fourth-order valence-corrected chi connectivity index (χ4v) is 5.09. The Morgan fingerprint density at radius 2 is 1.79 bits per heavy atom. The average molecular weight is 673 g/mol. The summed E-state index contributed by atoms with van der Waals surface area (Å²) < 4.78 is 9.19. The molecule has 0 aliphatic rings. The monoisotopic (exact) mass is 672 g/mol. The van der Waals surface area contributed by atoms with Crippen LogP contribution in [0.2, 0.25) is 0 Å². The van der Waals surface area contributed by atoms with Crippen LogP contribution in [0.1, 0.15) is 11.1 Å². The number of benzene rings is 3.